The molecule has 0 aliphatic carbocycles. The number of nitrogens with zero attached hydrogens (tertiary/aromatic N) is 4. The van der Waals surface area contributed by atoms with Crippen molar-refractivity contribution >= 4 is 17.2 Å². The predicted octanol–water partition coefficient (Wildman–Crippen LogP) is 3.35. The summed E-state index contributed by atoms with van der Waals surface area (Å²) in [6, 6.07) is 7.63. The molecule has 3 heterocycles. The largest absolute Gasteiger partial charge is 0.502 e. The van der Waals surface area contributed by atoms with E-state index in [0.717, 1.165) is 53.8 Å². The second-order valence-corrected chi connectivity index (χ2v) is 7.79. The molecule has 1 aliphatic heterocycles. The van der Waals surface area contributed by atoms with E-state index in [0.29, 0.717) is 11.5 Å². The maximum atomic E-state index is 10.4. The lowest BCUT2D eigenvalue weighted by molar-refractivity contribution is 0.312. The fourth-order valence-electron chi connectivity index (χ4n) is 3.42. The molecule has 0 radical (unpaired) electrons. The third-order valence-corrected chi connectivity index (χ3v) is 6.01. The van der Waals surface area contributed by atoms with Crippen LogP contribution in [0.5, 0.6) is 17.2 Å². The van der Waals surface area contributed by atoms with E-state index in [-0.39, 0.29) is 5.75 Å². The molecule has 0 atom stereocenters. The Kier molecular flexibility index (Phi) is 5.55. The zero-order valence-corrected chi connectivity index (χ0v) is 17.6. The van der Waals surface area contributed by atoms with Gasteiger partial charge in [0.2, 0.25) is 5.75 Å². The van der Waals surface area contributed by atoms with Crippen molar-refractivity contribution in [2.24, 2.45) is 0 Å². The lowest BCUT2D eigenvalue weighted by Crippen LogP contribution is -2.44. The van der Waals surface area contributed by atoms with Crippen molar-refractivity contribution in [3.63, 3.8) is 0 Å². The number of thiazole rings is 1. The van der Waals surface area contributed by atoms with Gasteiger partial charge >= 0.3 is 0 Å². The molecule has 0 saturated carbocycles. The van der Waals surface area contributed by atoms with Crippen molar-refractivity contribution in [1.29, 1.82) is 0 Å². The number of phenols is 1. The van der Waals surface area contributed by atoms with Crippen LogP contribution in [0, 0.1) is 0 Å². The molecule has 2 aromatic heterocycles. The van der Waals surface area contributed by atoms with Crippen LogP contribution in [0.1, 0.15) is 0 Å². The summed E-state index contributed by atoms with van der Waals surface area (Å²) in [4.78, 5) is 14.0. The molecule has 152 valence electrons. The Labute approximate surface area is 174 Å². The number of likely N-dealkylation sites (N-methyl/N-ethyl adjacent to an activating group) is 1. The van der Waals surface area contributed by atoms with Gasteiger partial charge in [-0.1, -0.05) is 0 Å². The Morgan fingerprint density at radius 1 is 1.07 bits per heavy atom. The molecular formula is C21H24N4O3S. The minimum absolute atomic E-state index is 0.0247. The zero-order valence-electron chi connectivity index (χ0n) is 16.8. The molecule has 3 aromatic rings. The zero-order chi connectivity index (χ0) is 20.4. The molecular weight excluding hydrogens is 388 g/mol. The SMILES string of the molecule is COc1ccc(-c2csc(-c3ccnc(N4CCN(C)CC4)c3)n2)c(OC)c1O. The Morgan fingerprint density at radius 3 is 2.59 bits per heavy atom. The van der Waals surface area contributed by atoms with Gasteiger partial charge in [0.25, 0.3) is 0 Å². The Morgan fingerprint density at radius 2 is 1.86 bits per heavy atom. The van der Waals surface area contributed by atoms with Crippen molar-refractivity contribution in [1.82, 2.24) is 14.9 Å². The van der Waals surface area contributed by atoms with Gasteiger partial charge in [0.05, 0.1) is 19.9 Å². The molecule has 1 aromatic carbocycles. The normalized spacial score (nSPS) is 14.8. The lowest BCUT2D eigenvalue weighted by Gasteiger charge is -2.33. The number of phenolic OH excluding ortho intramolecular Hbond substituents is 1. The number of aromatic nitrogens is 2. The van der Waals surface area contributed by atoms with Crippen LogP contribution >= 0.6 is 11.3 Å². The number of methoxy groups -OCH3 is 2. The summed E-state index contributed by atoms with van der Waals surface area (Å²) in [6.45, 7) is 4.01. The van der Waals surface area contributed by atoms with Gasteiger partial charge in [-0.2, -0.15) is 0 Å². The second kappa shape index (κ2) is 8.26. The molecule has 1 aliphatic rings. The van der Waals surface area contributed by atoms with Crippen molar-refractivity contribution in [2.45, 2.75) is 0 Å². The number of ether oxygens (including phenoxy) is 2. The molecule has 7 nitrogen and oxygen atoms in total. The first-order valence-electron chi connectivity index (χ1n) is 9.40. The number of hydrogen-bond acceptors (Lipinski definition) is 8. The van der Waals surface area contributed by atoms with Gasteiger partial charge in [-0.3, -0.25) is 0 Å². The minimum atomic E-state index is -0.0247. The van der Waals surface area contributed by atoms with Gasteiger partial charge in [-0.05, 0) is 31.3 Å². The van der Waals surface area contributed by atoms with E-state index >= 15 is 0 Å². The number of rotatable bonds is 5. The summed E-state index contributed by atoms with van der Waals surface area (Å²) in [5.74, 6) is 1.68. The summed E-state index contributed by atoms with van der Waals surface area (Å²) < 4.78 is 10.6. The quantitative estimate of drug-likeness (QED) is 0.689. The van der Waals surface area contributed by atoms with Gasteiger partial charge < -0.3 is 24.4 Å². The number of hydrogen-bond donors (Lipinski definition) is 1. The highest BCUT2D eigenvalue weighted by Gasteiger charge is 2.19. The summed E-state index contributed by atoms with van der Waals surface area (Å²) in [7, 11) is 5.18. The second-order valence-electron chi connectivity index (χ2n) is 6.93. The van der Waals surface area contributed by atoms with E-state index in [4.69, 9.17) is 14.5 Å². The first-order chi connectivity index (χ1) is 14.1. The average Bonchev–Trinajstić information content (AvgIpc) is 3.24. The Bertz CT molecular complexity index is 999. The summed E-state index contributed by atoms with van der Waals surface area (Å²) >= 11 is 1.55. The molecule has 0 bridgehead atoms. The van der Waals surface area contributed by atoms with Crippen LogP contribution in [-0.4, -0.2) is 67.4 Å². The first-order valence-corrected chi connectivity index (χ1v) is 10.3. The van der Waals surface area contributed by atoms with E-state index in [9.17, 15) is 5.11 Å². The van der Waals surface area contributed by atoms with Crippen LogP contribution in [0.3, 0.4) is 0 Å². The molecule has 29 heavy (non-hydrogen) atoms. The standard InChI is InChI=1S/C21H24N4O3S/c1-24-8-10-25(11-9-24)18-12-14(6-7-22-18)21-23-16(13-29-21)15-4-5-17(27-2)19(26)20(15)28-3/h4-7,12-13,26H,8-11H2,1-3H3. The van der Waals surface area contributed by atoms with E-state index in [1.165, 1.54) is 14.2 Å². The molecule has 0 spiro atoms. The number of anilines is 1. The van der Waals surface area contributed by atoms with Crippen molar-refractivity contribution < 1.29 is 14.6 Å². The number of aromatic hydroxyl groups is 1. The van der Waals surface area contributed by atoms with Gasteiger partial charge in [-0.25, -0.2) is 9.97 Å². The Balaban J connectivity index is 1.63. The highest BCUT2D eigenvalue weighted by atomic mass is 32.1. The van der Waals surface area contributed by atoms with E-state index in [1.807, 2.05) is 23.7 Å². The third-order valence-electron chi connectivity index (χ3n) is 5.12. The van der Waals surface area contributed by atoms with E-state index in [1.54, 1.807) is 17.4 Å². The first kappa shape index (κ1) is 19.5. The van der Waals surface area contributed by atoms with Crippen LogP contribution in [0.2, 0.25) is 0 Å². The molecule has 0 unspecified atom stereocenters. The molecule has 8 heteroatoms. The van der Waals surface area contributed by atoms with E-state index < -0.39 is 0 Å². The maximum Gasteiger partial charge on any atom is 0.201 e. The van der Waals surface area contributed by atoms with Crippen LogP contribution in [0.25, 0.3) is 21.8 Å². The van der Waals surface area contributed by atoms with Crippen molar-refractivity contribution in [3.8, 4) is 39.1 Å². The molecule has 4 rings (SSSR count). The topological polar surface area (TPSA) is 71.0 Å². The number of pyridine rings is 1. The predicted molar refractivity (Wildman–Crippen MR) is 115 cm³/mol. The maximum absolute atomic E-state index is 10.4. The van der Waals surface area contributed by atoms with Gasteiger partial charge in [0, 0.05) is 48.9 Å². The monoisotopic (exact) mass is 412 g/mol. The number of piperazine rings is 1. The van der Waals surface area contributed by atoms with Gasteiger partial charge in [-0.15, -0.1) is 11.3 Å². The number of benzene rings is 1. The van der Waals surface area contributed by atoms with Crippen molar-refractivity contribution in [3.05, 3.63) is 35.8 Å². The summed E-state index contributed by atoms with van der Waals surface area (Å²) in [6.07, 6.45) is 1.84. The highest BCUT2D eigenvalue weighted by molar-refractivity contribution is 7.13. The Hall–Kier alpha value is -2.84. The van der Waals surface area contributed by atoms with E-state index in [2.05, 4.69) is 27.9 Å². The average molecular weight is 413 g/mol. The van der Waals surface area contributed by atoms with Crippen LogP contribution in [0.4, 0.5) is 5.82 Å². The molecule has 0 amide bonds. The molecule has 1 N–H and O–H groups in total. The fraction of sp³-hybridized carbons (Fsp3) is 0.333. The summed E-state index contributed by atoms with van der Waals surface area (Å²) in [5, 5.41) is 13.2. The molecule has 1 fully saturated rings. The smallest absolute Gasteiger partial charge is 0.201 e. The molecule has 1 saturated heterocycles. The van der Waals surface area contributed by atoms with Crippen molar-refractivity contribution in [2.75, 3.05) is 52.3 Å². The fourth-order valence-corrected chi connectivity index (χ4v) is 4.23. The minimum Gasteiger partial charge on any atom is -0.502 e. The van der Waals surface area contributed by atoms with Crippen LogP contribution in [0.15, 0.2) is 35.8 Å². The third kappa shape index (κ3) is 3.86. The highest BCUT2D eigenvalue weighted by Crippen LogP contribution is 2.44. The van der Waals surface area contributed by atoms with Crippen LogP contribution in [-0.2, 0) is 0 Å². The van der Waals surface area contributed by atoms with Gasteiger partial charge in [0.15, 0.2) is 11.5 Å². The van der Waals surface area contributed by atoms with Crippen LogP contribution < -0.4 is 14.4 Å². The summed E-state index contributed by atoms with van der Waals surface area (Å²) in [5.41, 5.74) is 2.50. The lowest BCUT2D eigenvalue weighted by atomic mass is 10.1. The van der Waals surface area contributed by atoms with Gasteiger partial charge in [0.1, 0.15) is 10.8 Å².